The summed E-state index contributed by atoms with van der Waals surface area (Å²) in [6, 6.07) is 5.61. The highest BCUT2D eigenvalue weighted by Crippen LogP contribution is 2.24. The van der Waals surface area contributed by atoms with Crippen LogP contribution in [0.4, 0.5) is 0 Å². The van der Waals surface area contributed by atoms with Crippen LogP contribution >= 0.6 is 15.9 Å². The lowest BCUT2D eigenvalue weighted by Crippen LogP contribution is -2.42. The quantitative estimate of drug-likeness (QED) is 0.869. The normalized spacial score (nSPS) is 16.6. The summed E-state index contributed by atoms with van der Waals surface area (Å²) in [6.07, 6.45) is 2.13. The van der Waals surface area contributed by atoms with E-state index in [-0.39, 0.29) is 0 Å². The van der Waals surface area contributed by atoms with Crippen LogP contribution in [0, 0.1) is 5.92 Å². The van der Waals surface area contributed by atoms with E-state index in [2.05, 4.69) is 21.2 Å². The number of nitrogens with one attached hydrogen (secondary N) is 1. The minimum absolute atomic E-state index is 0.417. The van der Waals surface area contributed by atoms with Crippen LogP contribution < -0.4 is 5.32 Å². The summed E-state index contributed by atoms with van der Waals surface area (Å²) in [4.78, 5) is 0. The number of aryl methyl sites for hydroxylation is 1. The van der Waals surface area contributed by atoms with Crippen molar-refractivity contribution in [1.82, 2.24) is 5.32 Å². The van der Waals surface area contributed by atoms with E-state index < -0.39 is 0 Å². The Balaban J connectivity index is 1.96. The fourth-order valence-corrected chi connectivity index (χ4v) is 2.08. The Labute approximate surface area is 92.5 Å². The largest absolute Gasteiger partial charge is 0.508 e. The van der Waals surface area contributed by atoms with Gasteiger partial charge in [-0.1, -0.05) is 15.9 Å². The molecule has 0 atom stereocenters. The fourth-order valence-electron chi connectivity index (χ4n) is 1.67. The molecule has 0 bridgehead atoms. The van der Waals surface area contributed by atoms with Gasteiger partial charge in [-0.05, 0) is 55.6 Å². The number of phenols is 1. The van der Waals surface area contributed by atoms with Gasteiger partial charge >= 0.3 is 0 Å². The van der Waals surface area contributed by atoms with Gasteiger partial charge in [-0.15, -0.1) is 0 Å². The maximum atomic E-state index is 9.60. The Hall–Kier alpha value is -0.540. The SMILES string of the molecule is Oc1ccc(Br)cc1CCC1CNC1. The number of hydrogen-bond acceptors (Lipinski definition) is 2. The molecule has 0 saturated carbocycles. The molecule has 14 heavy (non-hydrogen) atoms. The first kappa shape index (κ1) is 9.99. The van der Waals surface area contributed by atoms with Crippen molar-refractivity contribution in [2.45, 2.75) is 12.8 Å². The average Bonchev–Trinajstić information content (AvgIpc) is 2.08. The van der Waals surface area contributed by atoms with Crippen LogP contribution in [0.15, 0.2) is 22.7 Å². The summed E-state index contributed by atoms with van der Waals surface area (Å²) in [6.45, 7) is 2.27. The third kappa shape index (κ3) is 2.28. The molecule has 1 saturated heterocycles. The number of benzene rings is 1. The number of phenolic OH excluding ortho intramolecular Hbond substituents is 1. The summed E-state index contributed by atoms with van der Waals surface area (Å²) in [5, 5.41) is 12.9. The van der Waals surface area contributed by atoms with E-state index in [0.29, 0.717) is 5.75 Å². The number of hydrogen-bond donors (Lipinski definition) is 2. The molecule has 1 heterocycles. The van der Waals surface area contributed by atoms with Gasteiger partial charge in [0.1, 0.15) is 5.75 Å². The Morgan fingerprint density at radius 2 is 2.21 bits per heavy atom. The smallest absolute Gasteiger partial charge is 0.118 e. The van der Waals surface area contributed by atoms with E-state index >= 15 is 0 Å². The minimum atomic E-state index is 0.417. The second-order valence-electron chi connectivity index (χ2n) is 3.84. The molecule has 1 aromatic rings. The van der Waals surface area contributed by atoms with Crippen molar-refractivity contribution in [2.24, 2.45) is 5.92 Å². The maximum Gasteiger partial charge on any atom is 0.118 e. The fraction of sp³-hybridized carbons (Fsp3) is 0.455. The first-order valence-electron chi connectivity index (χ1n) is 4.94. The van der Waals surface area contributed by atoms with E-state index in [1.165, 1.54) is 0 Å². The van der Waals surface area contributed by atoms with Gasteiger partial charge in [0.05, 0.1) is 0 Å². The van der Waals surface area contributed by atoms with Gasteiger partial charge in [-0.25, -0.2) is 0 Å². The third-order valence-electron chi connectivity index (χ3n) is 2.73. The molecule has 0 spiro atoms. The van der Waals surface area contributed by atoms with Crippen LogP contribution in [0.25, 0.3) is 0 Å². The van der Waals surface area contributed by atoms with E-state index in [1.807, 2.05) is 12.1 Å². The Morgan fingerprint density at radius 1 is 1.43 bits per heavy atom. The Bertz CT molecular complexity index is 323. The molecule has 0 aromatic heterocycles. The van der Waals surface area contributed by atoms with Crippen LogP contribution in [0.3, 0.4) is 0 Å². The lowest BCUT2D eigenvalue weighted by atomic mass is 9.94. The first-order chi connectivity index (χ1) is 6.75. The molecule has 2 rings (SSSR count). The van der Waals surface area contributed by atoms with Crippen molar-refractivity contribution < 1.29 is 5.11 Å². The van der Waals surface area contributed by atoms with Crippen molar-refractivity contribution in [3.05, 3.63) is 28.2 Å². The zero-order valence-corrected chi connectivity index (χ0v) is 9.55. The molecule has 1 aliphatic rings. The Morgan fingerprint density at radius 3 is 2.86 bits per heavy atom. The molecular weight excluding hydrogens is 242 g/mol. The van der Waals surface area contributed by atoms with Gasteiger partial charge in [0.2, 0.25) is 0 Å². The second-order valence-corrected chi connectivity index (χ2v) is 4.75. The molecule has 3 heteroatoms. The topological polar surface area (TPSA) is 32.3 Å². The van der Waals surface area contributed by atoms with Crippen molar-refractivity contribution in [2.75, 3.05) is 13.1 Å². The second kappa shape index (κ2) is 4.32. The molecule has 76 valence electrons. The number of aromatic hydroxyl groups is 1. The maximum absolute atomic E-state index is 9.60. The van der Waals surface area contributed by atoms with Crippen LogP contribution in [0.1, 0.15) is 12.0 Å². The van der Waals surface area contributed by atoms with Gasteiger partial charge < -0.3 is 10.4 Å². The zero-order valence-electron chi connectivity index (χ0n) is 7.96. The standard InChI is InChI=1S/C11H14BrNO/c12-10-3-4-11(14)9(5-10)2-1-8-6-13-7-8/h3-5,8,13-14H,1-2,6-7H2. The average molecular weight is 256 g/mol. The number of rotatable bonds is 3. The molecule has 2 nitrogen and oxygen atoms in total. The molecule has 2 N–H and O–H groups in total. The zero-order chi connectivity index (χ0) is 9.97. The predicted molar refractivity (Wildman–Crippen MR) is 60.5 cm³/mol. The van der Waals surface area contributed by atoms with Gasteiger partial charge in [-0.2, -0.15) is 0 Å². The molecule has 0 aliphatic carbocycles. The van der Waals surface area contributed by atoms with Crippen molar-refractivity contribution in [3.8, 4) is 5.75 Å². The monoisotopic (exact) mass is 255 g/mol. The number of halogens is 1. The lowest BCUT2D eigenvalue weighted by molar-refractivity contribution is 0.326. The van der Waals surface area contributed by atoms with E-state index in [4.69, 9.17) is 0 Å². The van der Waals surface area contributed by atoms with Crippen LogP contribution in [-0.2, 0) is 6.42 Å². The first-order valence-corrected chi connectivity index (χ1v) is 5.73. The van der Waals surface area contributed by atoms with E-state index in [0.717, 1.165) is 41.9 Å². The predicted octanol–water partition coefficient (Wildman–Crippen LogP) is 2.31. The molecule has 1 fully saturated rings. The highest BCUT2D eigenvalue weighted by molar-refractivity contribution is 9.10. The molecule has 1 aliphatic heterocycles. The molecule has 0 unspecified atom stereocenters. The van der Waals surface area contributed by atoms with Crippen molar-refractivity contribution in [3.63, 3.8) is 0 Å². The third-order valence-corrected chi connectivity index (χ3v) is 3.22. The van der Waals surface area contributed by atoms with E-state index in [1.54, 1.807) is 6.07 Å². The van der Waals surface area contributed by atoms with Crippen LogP contribution in [0.5, 0.6) is 5.75 Å². The molecule has 1 aromatic carbocycles. The van der Waals surface area contributed by atoms with Crippen molar-refractivity contribution in [1.29, 1.82) is 0 Å². The summed E-state index contributed by atoms with van der Waals surface area (Å²) in [5.74, 6) is 1.22. The van der Waals surface area contributed by atoms with Gasteiger partial charge in [0.15, 0.2) is 0 Å². The van der Waals surface area contributed by atoms with Crippen LogP contribution in [-0.4, -0.2) is 18.2 Å². The molecule has 0 radical (unpaired) electrons. The Kier molecular flexibility index (Phi) is 3.08. The molecular formula is C11H14BrNO. The highest BCUT2D eigenvalue weighted by atomic mass is 79.9. The highest BCUT2D eigenvalue weighted by Gasteiger charge is 2.16. The van der Waals surface area contributed by atoms with Gasteiger partial charge in [0, 0.05) is 4.47 Å². The van der Waals surface area contributed by atoms with Gasteiger partial charge in [-0.3, -0.25) is 0 Å². The minimum Gasteiger partial charge on any atom is -0.508 e. The van der Waals surface area contributed by atoms with E-state index in [9.17, 15) is 5.11 Å². The van der Waals surface area contributed by atoms with Gasteiger partial charge in [0.25, 0.3) is 0 Å². The summed E-state index contributed by atoms with van der Waals surface area (Å²) < 4.78 is 1.04. The summed E-state index contributed by atoms with van der Waals surface area (Å²) >= 11 is 3.41. The van der Waals surface area contributed by atoms with Crippen molar-refractivity contribution >= 4 is 15.9 Å². The summed E-state index contributed by atoms with van der Waals surface area (Å²) in [7, 11) is 0. The summed E-state index contributed by atoms with van der Waals surface area (Å²) in [5.41, 5.74) is 1.05. The lowest BCUT2D eigenvalue weighted by Gasteiger charge is -2.27. The van der Waals surface area contributed by atoms with Crippen LogP contribution in [0.2, 0.25) is 0 Å². The molecule has 0 amide bonds.